The van der Waals surface area contributed by atoms with E-state index in [0.29, 0.717) is 18.1 Å². The van der Waals surface area contributed by atoms with Crippen molar-refractivity contribution in [3.05, 3.63) is 47.7 Å². The van der Waals surface area contributed by atoms with Crippen LogP contribution in [-0.2, 0) is 6.54 Å². The molecule has 1 aliphatic heterocycles. The summed E-state index contributed by atoms with van der Waals surface area (Å²) in [6.45, 7) is 1.38. The van der Waals surface area contributed by atoms with Crippen LogP contribution in [-0.4, -0.2) is 24.5 Å². The molecule has 0 aliphatic carbocycles. The number of amides is 1. The van der Waals surface area contributed by atoms with Gasteiger partial charge in [0, 0.05) is 6.54 Å². The fraction of sp³-hybridized carbons (Fsp3) is 0.375. The summed E-state index contributed by atoms with van der Waals surface area (Å²) in [5.74, 6) is 1.11. The highest BCUT2D eigenvalue weighted by atomic mass is 16.5. The normalized spacial score (nSPS) is 17.4. The summed E-state index contributed by atoms with van der Waals surface area (Å²) in [6, 6.07) is 7.69. The number of aromatic nitrogens is 1. The van der Waals surface area contributed by atoms with Crippen LogP contribution < -0.4 is 15.4 Å². The van der Waals surface area contributed by atoms with Gasteiger partial charge in [-0.25, -0.2) is 4.98 Å². The first-order valence-electron chi connectivity index (χ1n) is 7.36. The van der Waals surface area contributed by atoms with E-state index in [0.717, 1.165) is 30.7 Å². The first-order chi connectivity index (χ1) is 10.8. The van der Waals surface area contributed by atoms with Crippen LogP contribution in [0.3, 0.4) is 0 Å². The van der Waals surface area contributed by atoms with E-state index in [2.05, 4.69) is 15.6 Å². The van der Waals surface area contributed by atoms with Gasteiger partial charge >= 0.3 is 0 Å². The Kier molecular flexibility index (Phi) is 4.39. The topological polar surface area (TPSA) is 76.4 Å². The van der Waals surface area contributed by atoms with Crippen molar-refractivity contribution in [2.45, 2.75) is 25.4 Å². The van der Waals surface area contributed by atoms with Crippen LogP contribution >= 0.6 is 0 Å². The summed E-state index contributed by atoms with van der Waals surface area (Å²) in [6.07, 6.45) is 3.51. The van der Waals surface area contributed by atoms with Crippen LogP contribution in [0, 0.1) is 0 Å². The molecule has 0 radical (unpaired) electrons. The quantitative estimate of drug-likeness (QED) is 0.884. The zero-order valence-electron chi connectivity index (χ0n) is 12.5. The molecule has 22 heavy (non-hydrogen) atoms. The number of methoxy groups -OCH3 is 1. The van der Waals surface area contributed by atoms with Crippen LogP contribution in [0.25, 0.3) is 0 Å². The number of nitrogens with one attached hydrogen (secondary N) is 2. The Bertz CT molecular complexity index is 648. The summed E-state index contributed by atoms with van der Waals surface area (Å²) in [4.78, 5) is 16.4. The van der Waals surface area contributed by atoms with Crippen LogP contribution in [0.5, 0.6) is 5.75 Å². The molecule has 1 aliphatic rings. The smallest absolute Gasteiger partial charge is 0.273 e. The molecule has 6 heteroatoms. The molecule has 2 aromatic rings. The highest BCUT2D eigenvalue weighted by molar-refractivity contribution is 5.91. The van der Waals surface area contributed by atoms with Crippen LogP contribution in [0.1, 0.15) is 40.8 Å². The molecule has 1 unspecified atom stereocenters. The minimum Gasteiger partial charge on any atom is -0.497 e. The van der Waals surface area contributed by atoms with E-state index in [9.17, 15) is 4.79 Å². The molecule has 1 atom stereocenters. The van der Waals surface area contributed by atoms with Gasteiger partial charge in [-0.3, -0.25) is 4.79 Å². The highest BCUT2D eigenvalue weighted by Crippen LogP contribution is 2.22. The van der Waals surface area contributed by atoms with Crippen molar-refractivity contribution in [2.24, 2.45) is 0 Å². The predicted octanol–water partition coefficient (Wildman–Crippen LogP) is 2.04. The molecule has 1 aromatic heterocycles. The second kappa shape index (κ2) is 6.62. The minimum absolute atomic E-state index is 0.125. The average Bonchev–Trinajstić information content (AvgIpc) is 3.23. The molecule has 1 fully saturated rings. The fourth-order valence-electron chi connectivity index (χ4n) is 2.50. The molecule has 0 spiro atoms. The van der Waals surface area contributed by atoms with Crippen LogP contribution in [0.15, 0.2) is 34.9 Å². The van der Waals surface area contributed by atoms with Gasteiger partial charge < -0.3 is 19.8 Å². The summed E-state index contributed by atoms with van der Waals surface area (Å²) in [5, 5.41) is 6.13. The number of oxazole rings is 1. The monoisotopic (exact) mass is 301 g/mol. The molecule has 0 bridgehead atoms. The maximum Gasteiger partial charge on any atom is 0.273 e. The zero-order chi connectivity index (χ0) is 15.4. The molecule has 1 amide bonds. The number of benzene rings is 1. The molecule has 3 rings (SSSR count). The van der Waals surface area contributed by atoms with Crippen molar-refractivity contribution in [1.29, 1.82) is 0 Å². The lowest BCUT2D eigenvalue weighted by Gasteiger charge is -2.05. The molecular weight excluding hydrogens is 282 g/mol. The van der Waals surface area contributed by atoms with Crippen molar-refractivity contribution >= 4 is 5.91 Å². The van der Waals surface area contributed by atoms with Crippen LogP contribution in [0.4, 0.5) is 0 Å². The second-order valence-corrected chi connectivity index (χ2v) is 5.25. The molecule has 1 saturated heterocycles. The first kappa shape index (κ1) is 14.6. The van der Waals surface area contributed by atoms with E-state index in [1.165, 1.54) is 6.26 Å². The SMILES string of the molecule is COc1cccc(CNC(=O)c2coc(C3CCCN3)n2)c1. The Balaban J connectivity index is 1.59. The van der Waals surface area contributed by atoms with Crippen molar-refractivity contribution < 1.29 is 13.9 Å². The Labute approximate surface area is 128 Å². The molecular formula is C16H19N3O3. The minimum atomic E-state index is -0.240. The molecule has 116 valence electrons. The van der Waals surface area contributed by atoms with Gasteiger partial charge in [-0.15, -0.1) is 0 Å². The molecule has 2 N–H and O–H groups in total. The Morgan fingerprint density at radius 2 is 2.45 bits per heavy atom. The third-order valence-corrected chi connectivity index (χ3v) is 3.70. The predicted molar refractivity (Wildman–Crippen MR) is 80.6 cm³/mol. The van der Waals surface area contributed by atoms with E-state index in [-0.39, 0.29) is 11.9 Å². The Morgan fingerprint density at radius 3 is 3.23 bits per heavy atom. The van der Waals surface area contributed by atoms with Gasteiger partial charge in [0.25, 0.3) is 5.91 Å². The number of ether oxygens (including phenoxy) is 1. The number of nitrogens with zero attached hydrogens (tertiary/aromatic N) is 1. The third-order valence-electron chi connectivity index (χ3n) is 3.70. The third kappa shape index (κ3) is 3.28. The van der Waals surface area contributed by atoms with Gasteiger partial charge in [-0.05, 0) is 37.1 Å². The highest BCUT2D eigenvalue weighted by Gasteiger charge is 2.22. The Hall–Kier alpha value is -2.34. The number of hydrogen-bond acceptors (Lipinski definition) is 5. The van der Waals surface area contributed by atoms with E-state index in [1.54, 1.807) is 7.11 Å². The molecule has 6 nitrogen and oxygen atoms in total. The lowest BCUT2D eigenvalue weighted by molar-refractivity contribution is 0.0946. The van der Waals surface area contributed by atoms with Crippen molar-refractivity contribution in [3.63, 3.8) is 0 Å². The molecule has 1 aromatic carbocycles. The molecule has 0 saturated carbocycles. The van der Waals surface area contributed by atoms with Gasteiger partial charge in [0.2, 0.25) is 5.89 Å². The van der Waals surface area contributed by atoms with Gasteiger partial charge in [0.1, 0.15) is 12.0 Å². The second-order valence-electron chi connectivity index (χ2n) is 5.25. The standard InChI is InChI=1S/C16H19N3O3/c1-21-12-5-2-4-11(8-12)9-18-15(20)14-10-22-16(19-14)13-6-3-7-17-13/h2,4-5,8,10,13,17H,3,6-7,9H2,1H3,(H,18,20). The lowest BCUT2D eigenvalue weighted by Crippen LogP contribution is -2.23. The number of hydrogen-bond donors (Lipinski definition) is 2. The Morgan fingerprint density at radius 1 is 1.55 bits per heavy atom. The van der Waals surface area contributed by atoms with Gasteiger partial charge in [0.05, 0.1) is 13.2 Å². The number of carbonyl (C=O) groups excluding carboxylic acids is 1. The zero-order valence-corrected chi connectivity index (χ0v) is 12.5. The van der Waals surface area contributed by atoms with Crippen molar-refractivity contribution in [1.82, 2.24) is 15.6 Å². The van der Waals surface area contributed by atoms with Crippen LogP contribution in [0.2, 0.25) is 0 Å². The summed E-state index contributed by atoms with van der Waals surface area (Å²) < 4.78 is 10.6. The number of carbonyl (C=O) groups is 1. The van der Waals surface area contributed by atoms with Crippen molar-refractivity contribution in [2.75, 3.05) is 13.7 Å². The first-order valence-corrected chi connectivity index (χ1v) is 7.36. The van der Waals surface area contributed by atoms with E-state index in [4.69, 9.17) is 9.15 Å². The van der Waals surface area contributed by atoms with E-state index >= 15 is 0 Å². The van der Waals surface area contributed by atoms with Gasteiger partial charge in [0.15, 0.2) is 5.69 Å². The largest absolute Gasteiger partial charge is 0.497 e. The summed E-state index contributed by atoms with van der Waals surface area (Å²) in [5.41, 5.74) is 1.28. The van der Waals surface area contributed by atoms with Crippen molar-refractivity contribution in [3.8, 4) is 5.75 Å². The maximum absolute atomic E-state index is 12.1. The molecule has 2 heterocycles. The fourth-order valence-corrected chi connectivity index (χ4v) is 2.50. The van der Waals surface area contributed by atoms with E-state index < -0.39 is 0 Å². The van der Waals surface area contributed by atoms with Gasteiger partial charge in [-0.1, -0.05) is 12.1 Å². The summed E-state index contributed by atoms with van der Waals surface area (Å²) in [7, 11) is 1.62. The maximum atomic E-state index is 12.1. The van der Waals surface area contributed by atoms with E-state index in [1.807, 2.05) is 24.3 Å². The average molecular weight is 301 g/mol. The summed E-state index contributed by atoms with van der Waals surface area (Å²) >= 11 is 0. The lowest BCUT2D eigenvalue weighted by atomic mass is 10.2. The van der Waals surface area contributed by atoms with Gasteiger partial charge in [-0.2, -0.15) is 0 Å². The number of rotatable bonds is 5.